The minimum atomic E-state index is -0.0206. The van der Waals surface area contributed by atoms with E-state index >= 15 is 0 Å². The van der Waals surface area contributed by atoms with Gasteiger partial charge >= 0.3 is 0 Å². The Balaban J connectivity index is 4.21. The molecule has 0 aromatic heterocycles. The molecule has 2 atom stereocenters. The van der Waals surface area contributed by atoms with Gasteiger partial charge < -0.3 is 4.74 Å². The van der Waals surface area contributed by atoms with Crippen molar-refractivity contribution < 1.29 is 9.13 Å². The summed E-state index contributed by atoms with van der Waals surface area (Å²) in [7, 11) is 0. The number of allylic oxidation sites excluding steroid dienone is 7. The molecule has 0 saturated heterocycles. The first kappa shape index (κ1) is 24.8. The summed E-state index contributed by atoms with van der Waals surface area (Å²) in [5.41, 5.74) is 1.34. The lowest BCUT2D eigenvalue weighted by Gasteiger charge is -2.11. The highest BCUT2D eigenvalue weighted by atomic mass is 19.1. The van der Waals surface area contributed by atoms with Gasteiger partial charge in [0, 0.05) is 19.6 Å². The van der Waals surface area contributed by atoms with Crippen LogP contribution in [0.5, 0.6) is 0 Å². The van der Waals surface area contributed by atoms with Crippen molar-refractivity contribution in [1.29, 1.82) is 0 Å². The van der Waals surface area contributed by atoms with Crippen molar-refractivity contribution >= 4 is 0 Å². The summed E-state index contributed by atoms with van der Waals surface area (Å²) in [5.74, 6) is 1.01. The largest absolute Gasteiger partial charge is 0.381 e. The van der Waals surface area contributed by atoms with Gasteiger partial charge in [-0.1, -0.05) is 70.6 Å². The Kier molecular flexibility index (Phi) is 16.5. The first-order valence-corrected chi connectivity index (χ1v) is 10.5. The fourth-order valence-electron chi connectivity index (χ4n) is 2.88. The van der Waals surface area contributed by atoms with E-state index in [1.807, 2.05) is 13.0 Å². The predicted molar refractivity (Wildman–Crippen MR) is 114 cm³/mol. The molecule has 0 aromatic carbocycles. The van der Waals surface area contributed by atoms with Crippen molar-refractivity contribution in [2.75, 3.05) is 13.2 Å². The maximum absolute atomic E-state index is 14.0. The van der Waals surface area contributed by atoms with Crippen LogP contribution in [-0.4, -0.2) is 13.2 Å². The lowest BCUT2D eigenvalue weighted by molar-refractivity contribution is 0.152. The summed E-state index contributed by atoms with van der Waals surface area (Å²) in [6.45, 7) is 12.4. The van der Waals surface area contributed by atoms with E-state index in [4.69, 9.17) is 4.74 Å². The molecule has 0 amide bonds. The van der Waals surface area contributed by atoms with Crippen LogP contribution in [0.15, 0.2) is 47.9 Å². The lowest BCUT2D eigenvalue weighted by atomic mass is 9.95. The first-order chi connectivity index (χ1) is 12.5. The quantitative estimate of drug-likeness (QED) is 0.163. The average Bonchev–Trinajstić information content (AvgIpc) is 2.61. The van der Waals surface area contributed by atoms with E-state index in [-0.39, 0.29) is 5.83 Å². The molecular formula is C24H41FO. The van der Waals surface area contributed by atoms with Crippen LogP contribution >= 0.6 is 0 Å². The molecule has 0 bridgehead atoms. The molecule has 0 aliphatic carbocycles. The molecule has 0 aromatic rings. The molecule has 2 unspecified atom stereocenters. The van der Waals surface area contributed by atoms with E-state index < -0.39 is 0 Å². The monoisotopic (exact) mass is 364 g/mol. The smallest absolute Gasteiger partial charge is 0.0997 e. The SMILES string of the molecule is CC/C=C(\C=C/C/C(F)=C/CCC(C)/C=C/CCOCC)C(C)CCC. The molecule has 1 nitrogen and oxygen atoms in total. The number of ether oxygens (including phenoxy) is 1. The fourth-order valence-corrected chi connectivity index (χ4v) is 2.88. The third-order valence-corrected chi connectivity index (χ3v) is 4.44. The highest BCUT2D eigenvalue weighted by Crippen LogP contribution is 2.19. The van der Waals surface area contributed by atoms with Crippen LogP contribution in [0.3, 0.4) is 0 Å². The van der Waals surface area contributed by atoms with Gasteiger partial charge in [-0.3, -0.25) is 0 Å². The molecule has 0 saturated carbocycles. The second-order valence-corrected chi connectivity index (χ2v) is 7.03. The van der Waals surface area contributed by atoms with E-state index in [1.54, 1.807) is 6.08 Å². The topological polar surface area (TPSA) is 9.23 Å². The second kappa shape index (κ2) is 17.3. The van der Waals surface area contributed by atoms with Crippen LogP contribution in [0.2, 0.25) is 0 Å². The van der Waals surface area contributed by atoms with Crippen molar-refractivity contribution in [1.82, 2.24) is 0 Å². The molecule has 0 heterocycles. The Bertz CT molecular complexity index is 445. The van der Waals surface area contributed by atoms with Crippen molar-refractivity contribution in [3.63, 3.8) is 0 Å². The molecule has 26 heavy (non-hydrogen) atoms. The Labute approximate surface area is 162 Å². The van der Waals surface area contributed by atoms with Gasteiger partial charge in [0.1, 0.15) is 0 Å². The van der Waals surface area contributed by atoms with Crippen molar-refractivity contribution in [3.8, 4) is 0 Å². The van der Waals surface area contributed by atoms with E-state index in [0.29, 0.717) is 18.3 Å². The molecule has 150 valence electrons. The van der Waals surface area contributed by atoms with Crippen LogP contribution in [0.4, 0.5) is 4.39 Å². The van der Waals surface area contributed by atoms with Crippen LogP contribution in [0, 0.1) is 11.8 Å². The minimum Gasteiger partial charge on any atom is -0.381 e. The third kappa shape index (κ3) is 14.1. The molecule has 0 rings (SSSR count). The first-order valence-electron chi connectivity index (χ1n) is 10.5. The maximum Gasteiger partial charge on any atom is 0.0997 e. The zero-order valence-corrected chi connectivity index (χ0v) is 17.8. The van der Waals surface area contributed by atoms with E-state index in [9.17, 15) is 4.39 Å². The van der Waals surface area contributed by atoms with Gasteiger partial charge in [-0.15, -0.1) is 0 Å². The van der Waals surface area contributed by atoms with E-state index in [1.165, 1.54) is 18.4 Å². The van der Waals surface area contributed by atoms with Crippen LogP contribution < -0.4 is 0 Å². The summed E-state index contributed by atoms with van der Waals surface area (Å²) < 4.78 is 19.3. The molecule has 0 fully saturated rings. The summed E-state index contributed by atoms with van der Waals surface area (Å²) in [4.78, 5) is 0. The Morgan fingerprint density at radius 2 is 1.77 bits per heavy atom. The fraction of sp³-hybridized carbons (Fsp3) is 0.667. The number of halogens is 1. The molecule has 0 aliphatic heterocycles. The second-order valence-electron chi connectivity index (χ2n) is 7.03. The third-order valence-electron chi connectivity index (χ3n) is 4.44. The molecule has 0 radical (unpaired) electrons. The van der Waals surface area contributed by atoms with Gasteiger partial charge in [-0.2, -0.15) is 0 Å². The van der Waals surface area contributed by atoms with Gasteiger partial charge in [-0.05, 0) is 56.4 Å². The summed E-state index contributed by atoms with van der Waals surface area (Å²) in [5, 5.41) is 0. The molecule has 0 aliphatic rings. The normalized spacial score (nSPS) is 15.9. The standard InChI is InChI=1S/C24H41FO/c1-6-13-22(5)23(14-7-2)17-12-19-24(25)18-11-16-21(4)15-9-10-20-26-8-3/h9,12,14-15,17-18,21-22H,6-8,10-11,13,16,19-20H2,1-5H3/b15-9+,17-12-,23-14+,24-18-. The zero-order chi connectivity index (χ0) is 19.6. The van der Waals surface area contributed by atoms with Gasteiger partial charge in [0.15, 0.2) is 0 Å². The van der Waals surface area contributed by atoms with Gasteiger partial charge in [0.2, 0.25) is 0 Å². The molecule has 0 spiro atoms. The lowest BCUT2D eigenvalue weighted by Crippen LogP contribution is -1.96. The summed E-state index contributed by atoms with van der Waals surface area (Å²) in [6.07, 6.45) is 19.0. The Morgan fingerprint density at radius 1 is 1.00 bits per heavy atom. The highest BCUT2D eigenvalue weighted by Gasteiger charge is 2.04. The average molecular weight is 365 g/mol. The van der Waals surface area contributed by atoms with Crippen molar-refractivity contribution in [2.45, 2.75) is 79.6 Å². The number of hydrogen-bond donors (Lipinski definition) is 0. The molecule has 2 heteroatoms. The maximum atomic E-state index is 14.0. The Hall–Kier alpha value is -1.15. The number of rotatable bonds is 15. The predicted octanol–water partition coefficient (Wildman–Crippen LogP) is 7.96. The van der Waals surface area contributed by atoms with Crippen LogP contribution in [0.1, 0.15) is 79.6 Å². The van der Waals surface area contributed by atoms with Crippen LogP contribution in [0.25, 0.3) is 0 Å². The highest BCUT2D eigenvalue weighted by molar-refractivity contribution is 5.22. The zero-order valence-electron chi connectivity index (χ0n) is 17.8. The van der Waals surface area contributed by atoms with E-state index in [0.717, 1.165) is 38.9 Å². The molecular weight excluding hydrogens is 323 g/mol. The van der Waals surface area contributed by atoms with E-state index in [2.05, 4.69) is 52.0 Å². The van der Waals surface area contributed by atoms with Gasteiger partial charge in [-0.25, -0.2) is 4.39 Å². The van der Waals surface area contributed by atoms with Gasteiger partial charge in [0.25, 0.3) is 0 Å². The van der Waals surface area contributed by atoms with Crippen molar-refractivity contribution in [3.05, 3.63) is 47.9 Å². The summed E-state index contributed by atoms with van der Waals surface area (Å²) in [6, 6.07) is 0. The van der Waals surface area contributed by atoms with Crippen molar-refractivity contribution in [2.24, 2.45) is 11.8 Å². The molecule has 0 N–H and O–H groups in total. The minimum absolute atomic E-state index is 0.0206. The Morgan fingerprint density at radius 3 is 2.42 bits per heavy atom. The van der Waals surface area contributed by atoms with Gasteiger partial charge in [0.05, 0.1) is 5.83 Å². The summed E-state index contributed by atoms with van der Waals surface area (Å²) >= 11 is 0. The number of hydrogen-bond acceptors (Lipinski definition) is 1. The van der Waals surface area contributed by atoms with Crippen LogP contribution in [-0.2, 0) is 4.74 Å².